The van der Waals surface area contributed by atoms with E-state index in [-0.39, 0.29) is 28.4 Å². The quantitative estimate of drug-likeness (QED) is 0.161. The average molecular weight is 808 g/mol. The molecule has 0 N–H and O–H groups in total. The van der Waals surface area contributed by atoms with Crippen LogP contribution in [0.4, 0.5) is 34.1 Å². The standard InChI is InChI=1S/C58H58BN3/c1-55(2,3)35-29-36(56(4,5)6)32-39(31-35)60-47-27-19-15-23-43(47)59-44-24-16-20-28-48(44)61(40-33-37(57(7,8)9)30-38(34-40)58(10,11)12)54-50-42-22-14-18-26-46(42)62-45-25-17-13-21-41(45)49(52(50)62)53(60)51(54)59/h13-34H,1-12H3. The van der Waals surface area contributed by atoms with E-state index in [0.29, 0.717) is 0 Å². The van der Waals surface area contributed by atoms with Crippen molar-refractivity contribution in [3.8, 4) is 0 Å². The zero-order valence-electron chi connectivity index (χ0n) is 38.6. The van der Waals surface area contributed by atoms with Crippen LogP contribution in [0.15, 0.2) is 133 Å². The maximum atomic E-state index is 2.67. The Labute approximate surface area is 368 Å². The first-order valence-electron chi connectivity index (χ1n) is 22.7. The number of aromatic nitrogens is 1. The summed E-state index contributed by atoms with van der Waals surface area (Å²) in [4.78, 5) is 5.35. The van der Waals surface area contributed by atoms with E-state index in [1.165, 1.54) is 111 Å². The normalized spacial score (nSPS) is 14.4. The molecule has 0 amide bonds. The molecular weight excluding hydrogens is 749 g/mol. The highest BCUT2D eigenvalue weighted by Gasteiger charge is 2.47. The van der Waals surface area contributed by atoms with E-state index in [4.69, 9.17) is 0 Å². The molecule has 11 rings (SSSR count). The predicted molar refractivity (Wildman–Crippen MR) is 270 cm³/mol. The summed E-state index contributed by atoms with van der Waals surface area (Å²) in [6.07, 6.45) is 0. The molecule has 2 aliphatic rings. The molecule has 9 aromatic rings. The van der Waals surface area contributed by atoms with Gasteiger partial charge in [-0.3, -0.25) is 0 Å². The van der Waals surface area contributed by atoms with Gasteiger partial charge in [-0.25, -0.2) is 0 Å². The Hall–Kier alpha value is -6.00. The number of anilines is 6. The lowest BCUT2D eigenvalue weighted by Crippen LogP contribution is -2.61. The Morgan fingerprint density at radius 1 is 0.387 bits per heavy atom. The Balaban J connectivity index is 1.40. The zero-order valence-corrected chi connectivity index (χ0v) is 38.6. The molecule has 0 fully saturated rings. The molecule has 4 heterocycles. The summed E-state index contributed by atoms with van der Waals surface area (Å²) in [5.74, 6) is 0. The van der Waals surface area contributed by atoms with Crippen molar-refractivity contribution < 1.29 is 0 Å². The molecule has 2 aliphatic heterocycles. The van der Waals surface area contributed by atoms with Crippen LogP contribution in [0.25, 0.3) is 38.1 Å². The number of rotatable bonds is 2. The highest BCUT2D eigenvalue weighted by atomic mass is 15.2. The van der Waals surface area contributed by atoms with Gasteiger partial charge in [-0.1, -0.05) is 168 Å². The molecule has 62 heavy (non-hydrogen) atoms. The molecule has 0 spiro atoms. The number of nitrogens with zero attached hydrogens (tertiary/aromatic N) is 3. The molecular formula is C58H58BN3. The number of para-hydroxylation sites is 4. The lowest BCUT2D eigenvalue weighted by molar-refractivity contribution is 0.568. The van der Waals surface area contributed by atoms with Crippen molar-refractivity contribution in [1.29, 1.82) is 0 Å². The maximum Gasteiger partial charge on any atom is 0.252 e. The van der Waals surface area contributed by atoms with Crippen LogP contribution in [0.2, 0.25) is 0 Å². The maximum absolute atomic E-state index is 2.67. The van der Waals surface area contributed by atoms with Gasteiger partial charge in [0.25, 0.3) is 6.71 Å². The lowest BCUT2D eigenvalue weighted by atomic mass is 9.33. The summed E-state index contributed by atoms with van der Waals surface area (Å²) in [6, 6.07) is 51.7. The average Bonchev–Trinajstić information content (AvgIpc) is 3.75. The fourth-order valence-electron chi connectivity index (χ4n) is 10.7. The predicted octanol–water partition coefficient (Wildman–Crippen LogP) is 14.1. The van der Waals surface area contributed by atoms with Gasteiger partial charge in [-0.2, -0.15) is 0 Å². The first-order valence-corrected chi connectivity index (χ1v) is 22.7. The monoisotopic (exact) mass is 807 g/mol. The fourth-order valence-corrected chi connectivity index (χ4v) is 10.7. The highest BCUT2D eigenvalue weighted by Crippen LogP contribution is 2.55. The van der Waals surface area contributed by atoms with Crippen molar-refractivity contribution in [3.63, 3.8) is 0 Å². The van der Waals surface area contributed by atoms with Gasteiger partial charge >= 0.3 is 0 Å². The summed E-state index contributed by atoms with van der Waals surface area (Å²) in [5, 5.41) is 5.22. The molecule has 0 saturated heterocycles. The fraction of sp³-hybridized carbons (Fsp3) is 0.276. The van der Waals surface area contributed by atoms with E-state index >= 15 is 0 Å². The van der Waals surface area contributed by atoms with Crippen LogP contribution in [-0.2, 0) is 21.7 Å². The van der Waals surface area contributed by atoms with Gasteiger partial charge in [-0.05, 0) is 109 Å². The molecule has 0 atom stereocenters. The molecule has 308 valence electrons. The molecule has 0 saturated carbocycles. The minimum atomic E-state index is -0.0500. The first kappa shape index (κ1) is 38.9. The van der Waals surface area contributed by atoms with E-state index < -0.39 is 0 Å². The largest absolute Gasteiger partial charge is 0.311 e. The molecule has 2 aromatic heterocycles. The number of hydrogen-bond donors (Lipinski definition) is 0. The second kappa shape index (κ2) is 12.8. The number of hydrogen-bond acceptors (Lipinski definition) is 2. The van der Waals surface area contributed by atoms with Crippen LogP contribution >= 0.6 is 0 Å². The van der Waals surface area contributed by atoms with Crippen molar-refractivity contribution in [3.05, 3.63) is 156 Å². The van der Waals surface area contributed by atoms with Gasteiger partial charge < -0.3 is 14.2 Å². The van der Waals surface area contributed by atoms with Crippen LogP contribution in [0.3, 0.4) is 0 Å². The third-order valence-electron chi connectivity index (χ3n) is 14.0. The van der Waals surface area contributed by atoms with Crippen LogP contribution in [0, 0.1) is 0 Å². The van der Waals surface area contributed by atoms with Crippen LogP contribution in [0.1, 0.15) is 105 Å². The van der Waals surface area contributed by atoms with E-state index in [1.54, 1.807) is 0 Å². The molecule has 7 aromatic carbocycles. The van der Waals surface area contributed by atoms with Crippen LogP contribution in [-0.4, -0.2) is 11.1 Å². The summed E-state index contributed by atoms with van der Waals surface area (Å²) < 4.78 is 2.58. The van der Waals surface area contributed by atoms with Gasteiger partial charge in [0.05, 0.1) is 27.9 Å². The SMILES string of the molecule is CC(C)(C)c1cc(N2c3ccccc3B3c4ccccc4N(c4cc(C(C)(C)C)cc(C(C)(C)C)c4)c4c3c2c2c3ccccc3n3c5ccccc5c4c23)cc(C(C)(C)C)c1. The summed E-state index contributed by atoms with van der Waals surface area (Å²) in [6.45, 7) is 28.3. The van der Waals surface area contributed by atoms with Gasteiger partial charge in [0.2, 0.25) is 0 Å². The smallest absolute Gasteiger partial charge is 0.252 e. The molecule has 4 heteroatoms. The Bertz CT molecular complexity index is 3020. The van der Waals surface area contributed by atoms with Gasteiger partial charge in [-0.15, -0.1) is 0 Å². The molecule has 0 radical (unpaired) electrons. The molecule has 0 unspecified atom stereocenters. The van der Waals surface area contributed by atoms with E-state index in [2.05, 4.69) is 231 Å². The molecule has 0 bridgehead atoms. The lowest BCUT2D eigenvalue weighted by Gasteiger charge is -2.45. The minimum Gasteiger partial charge on any atom is -0.311 e. The van der Waals surface area contributed by atoms with Crippen LogP contribution in [0.5, 0.6) is 0 Å². The summed E-state index contributed by atoms with van der Waals surface area (Å²) in [5.41, 5.74) is 20.5. The van der Waals surface area contributed by atoms with E-state index in [1.807, 2.05) is 0 Å². The van der Waals surface area contributed by atoms with Crippen molar-refractivity contribution in [2.75, 3.05) is 9.80 Å². The second-order valence-corrected chi connectivity index (χ2v) is 22.3. The van der Waals surface area contributed by atoms with Crippen molar-refractivity contribution in [1.82, 2.24) is 4.40 Å². The Kier molecular flexibility index (Phi) is 8.02. The third-order valence-corrected chi connectivity index (χ3v) is 14.0. The van der Waals surface area contributed by atoms with Crippen molar-refractivity contribution >= 4 is 95.3 Å². The van der Waals surface area contributed by atoms with Crippen LogP contribution < -0.4 is 26.2 Å². The number of fused-ring (bicyclic) bond motifs is 12. The molecule has 3 nitrogen and oxygen atoms in total. The topological polar surface area (TPSA) is 10.9 Å². The van der Waals surface area contributed by atoms with E-state index in [0.717, 1.165) is 0 Å². The minimum absolute atomic E-state index is 0.0104. The molecule has 0 aliphatic carbocycles. The van der Waals surface area contributed by atoms with Crippen molar-refractivity contribution in [2.24, 2.45) is 0 Å². The highest BCUT2D eigenvalue weighted by molar-refractivity contribution is 7.01. The van der Waals surface area contributed by atoms with E-state index in [9.17, 15) is 0 Å². The zero-order chi connectivity index (χ0) is 43.4. The summed E-state index contributed by atoms with van der Waals surface area (Å²) in [7, 11) is 0. The van der Waals surface area contributed by atoms with Gasteiger partial charge in [0, 0.05) is 44.3 Å². The van der Waals surface area contributed by atoms with Gasteiger partial charge in [0.15, 0.2) is 0 Å². The second-order valence-electron chi connectivity index (χ2n) is 22.3. The number of benzene rings is 7. The third kappa shape index (κ3) is 5.51. The first-order chi connectivity index (χ1) is 29.3. The van der Waals surface area contributed by atoms with Crippen molar-refractivity contribution in [2.45, 2.75) is 105 Å². The Morgan fingerprint density at radius 2 is 0.726 bits per heavy atom. The summed E-state index contributed by atoms with van der Waals surface area (Å²) >= 11 is 0. The Morgan fingerprint density at radius 3 is 1.10 bits per heavy atom. The van der Waals surface area contributed by atoms with Gasteiger partial charge in [0.1, 0.15) is 0 Å².